The second kappa shape index (κ2) is 8.95. The number of benzene rings is 3. The van der Waals surface area contributed by atoms with Gasteiger partial charge in [-0.25, -0.2) is 0 Å². The molecule has 136 valence electrons. The van der Waals surface area contributed by atoms with Crippen LogP contribution in [-0.2, 0) is 4.79 Å². The zero-order chi connectivity index (χ0) is 19.1. The first-order valence-corrected chi connectivity index (χ1v) is 8.96. The van der Waals surface area contributed by atoms with Crippen LogP contribution in [-0.4, -0.2) is 19.2 Å². The third-order valence-corrected chi connectivity index (χ3v) is 4.80. The van der Waals surface area contributed by atoms with Gasteiger partial charge in [0.1, 0.15) is 12.0 Å². The minimum absolute atomic E-state index is 0.0180. The number of Topliss-reactive ketones (excluding diaryl/α,β-unsaturated/α-hetero) is 1. The van der Waals surface area contributed by atoms with Crippen LogP contribution in [0.2, 0.25) is 0 Å². The molecule has 3 nitrogen and oxygen atoms in total. The predicted molar refractivity (Wildman–Crippen MR) is 106 cm³/mol. The molecule has 0 aliphatic carbocycles. The zero-order valence-corrected chi connectivity index (χ0v) is 15.2. The van der Waals surface area contributed by atoms with Crippen LogP contribution in [0.4, 0.5) is 0 Å². The van der Waals surface area contributed by atoms with Gasteiger partial charge in [0.2, 0.25) is 0 Å². The second-order valence-electron chi connectivity index (χ2n) is 6.40. The van der Waals surface area contributed by atoms with Crippen molar-refractivity contribution in [2.24, 2.45) is 0 Å². The van der Waals surface area contributed by atoms with E-state index in [9.17, 15) is 9.59 Å². The second-order valence-corrected chi connectivity index (χ2v) is 6.40. The highest BCUT2D eigenvalue weighted by Crippen LogP contribution is 2.38. The Morgan fingerprint density at radius 3 is 2.00 bits per heavy atom. The summed E-state index contributed by atoms with van der Waals surface area (Å²) in [6.07, 6.45) is 1.16. The summed E-state index contributed by atoms with van der Waals surface area (Å²) >= 11 is 0. The summed E-state index contributed by atoms with van der Waals surface area (Å²) in [4.78, 5) is 24.9. The van der Waals surface area contributed by atoms with Crippen molar-refractivity contribution < 1.29 is 14.3 Å². The highest BCUT2D eigenvalue weighted by Gasteiger charge is 2.31. The fourth-order valence-electron chi connectivity index (χ4n) is 3.43. The standard InChI is InChI=1S/C24H22O3/c1-27-21-14-12-18(13-15-21)22(16-17-25)23(19-8-4-2-5-9-19)24(26)20-10-6-3-7-11-20/h2-15,17,22-23H,16H2,1H3/t22-,23-/m0/s1. The first kappa shape index (κ1) is 18.6. The lowest BCUT2D eigenvalue weighted by Gasteiger charge is -2.26. The smallest absolute Gasteiger partial charge is 0.170 e. The van der Waals surface area contributed by atoms with E-state index in [1.54, 1.807) is 7.11 Å². The number of ketones is 1. The highest BCUT2D eigenvalue weighted by molar-refractivity contribution is 6.01. The molecule has 0 spiro atoms. The monoisotopic (exact) mass is 358 g/mol. The van der Waals surface area contributed by atoms with Crippen molar-refractivity contribution in [3.63, 3.8) is 0 Å². The van der Waals surface area contributed by atoms with Crippen LogP contribution in [0.15, 0.2) is 84.9 Å². The summed E-state index contributed by atoms with van der Waals surface area (Å²) in [5, 5.41) is 0. The minimum Gasteiger partial charge on any atom is -0.497 e. The molecular weight excluding hydrogens is 336 g/mol. The van der Waals surface area contributed by atoms with Crippen molar-refractivity contribution >= 4 is 12.1 Å². The van der Waals surface area contributed by atoms with Gasteiger partial charge in [0.15, 0.2) is 5.78 Å². The van der Waals surface area contributed by atoms with E-state index in [1.165, 1.54) is 0 Å². The molecule has 0 N–H and O–H groups in total. The summed E-state index contributed by atoms with van der Waals surface area (Å²) in [5.74, 6) is 0.0782. The van der Waals surface area contributed by atoms with Gasteiger partial charge in [-0.3, -0.25) is 4.79 Å². The molecule has 27 heavy (non-hydrogen) atoms. The van der Waals surface area contributed by atoms with Crippen molar-refractivity contribution in [2.45, 2.75) is 18.3 Å². The molecule has 0 aromatic heterocycles. The Labute approximate surface area is 159 Å². The summed E-state index contributed by atoms with van der Waals surface area (Å²) in [6.45, 7) is 0. The number of carbonyl (C=O) groups excluding carboxylic acids is 2. The molecule has 3 heteroatoms. The molecule has 0 radical (unpaired) electrons. The van der Waals surface area contributed by atoms with E-state index in [2.05, 4.69) is 0 Å². The number of hydrogen-bond donors (Lipinski definition) is 0. The molecule has 2 atom stereocenters. The number of rotatable bonds is 8. The molecule has 3 aromatic rings. The fourth-order valence-corrected chi connectivity index (χ4v) is 3.43. The molecule has 0 unspecified atom stereocenters. The van der Waals surface area contributed by atoms with Gasteiger partial charge in [0.05, 0.1) is 13.0 Å². The fraction of sp³-hybridized carbons (Fsp3) is 0.167. The van der Waals surface area contributed by atoms with E-state index in [1.807, 2.05) is 84.9 Å². The van der Waals surface area contributed by atoms with Gasteiger partial charge in [-0.2, -0.15) is 0 Å². The maximum absolute atomic E-state index is 13.4. The predicted octanol–water partition coefficient (Wildman–Crippen LogP) is 5.03. The van der Waals surface area contributed by atoms with Crippen LogP contribution < -0.4 is 4.74 Å². The van der Waals surface area contributed by atoms with Gasteiger partial charge < -0.3 is 9.53 Å². The molecular formula is C24H22O3. The van der Waals surface area contributed by atoms with E-state index in [0.717, 1.165) is 23.2 Å². The summed E-state index contributed by atoms with van der Waals surface area (Å²) in [5.41, 5.74) is 2.51. The van der Waals surface area contributed by atoms with Gasteiger partial charge in [0.25, 0.3) is 0 Å². The van der Waals surface area contributed by atoms with Crippen LogP contribution >= 0.6 is 0 Å². The van der Waals surface area contributed by atoms with Gasteiger partial charge >= 0.3 is 0 Å². The van der Waals surface area contributed by atoms with Crippen molar-refractivity contribution in [3.8, 4) is 5.75 Å². The average Bonchev–Trinajstić information content (AvgIpc) is 2.75. The normalized spacial score (nSPS) is 12.8. The highest BCUT2D eigenvalue weighted by atomic mass is 16.5. The lowest BCUT2D eigenvalue weighted by molar-refractivity contribution is -0.108. The molecule has 3 rings (SSSR count). The largest absolute Gasteiger partial charge is 0.497 e. The van der Waals surface area contributed by atoms with E-state index in [-0.39, 0.29) is 18.1 Å². The summed E-state index contributed by atoms with van der Waals surface area (Å²) in [7, 11) is 1.61. The number of hydrogen-bond acceptors (Lipinski definition) is 3. The third-order valence-electron chi connectivity index (χ3n) is 4.80. The van der Waals surface area contributed by atoms with Crippen LogP contribution in [0.3, 0.4) is 0 Å². The topological polar surface area (TPSA) is 43.4 Å². The van der Waals surface area contributed by atoms with E-state index in [0.29, 0.717) is 5.56 Å². The first-order valence-electron chi connectivity index (χ1n) is 8.96. The van der Waals surface area contributed by atoms with E-state index < -0.39 is 5.92 Å². The molecule has 0 saturated carbocycles. The van der Waals surface area contributed by atoms with Gasteiger partial charge in [-0.05, 0) is 23.3 Å². The molecule has 0 fully saturated rings. The lowest BCUT2D eigenvalue weighted by Crippen LogP contribution is -2.21. The summed E-state index contributed by atoms with van der Waals surface area (Å²) in [6, 6.07) is 26.5. The number of aldehydes is 1. The van der Waals surface area contributed by atoms with Crippen molar-refractivity contribution in [2.75, 3.05) is 7.11 Å². The molecule has 0 aliphatic heterocycles. The summed E-state index contributed by atoms with van der Waals surface area (Å²) < 4.78 is 5.23. The van der Waals surface area contributed by atoms with E-state index >= 15 is 0 Å². The molecule has 0 aliphatic rings. The van der Waals surface area contributed by atoms with Crippen LogP contribution in [0.1, 0.15) is 39.7 Å². The average molecular weight is 358 g/mol. The van der Waals surface area contributed by atoms with Crippen LogP contribution in [0.5, 0.6) is 5.75 Å². The number of ether oxygens (including phenoxy) is 1. The maximum Gasteiger partial charge on any atom is 0.170 e. The minimum atomic E-state index is -0.438. The Kier molecular flexibility index (Phi) is 6.16. The Bertz CT molecular complexity index is 871. The lowest BCUT2D eigenvalue weighted by atomic mass is 9.76. The van der Waals surface area contributed by atoms with Crippen molar-refractivity contribution in [1.29, 1.82) is 0 Å². The van der Waals surface area contributed by atoms with Gasteiger partial charge in [-0.15, -0.1) is 0 Å². The molecule has 3 aromatic carbocycles. The molecule has 0 amide bonds. The van der Waals surface area contributed by atoms with E-state index in [4.69, 9.17) is 4.74 Å². The maximum atomic E-state index is 13.4. The van der Waals surface area contributed by atoms with Crippen LogP contribution in [0.25, 0.3) is 0 Å². The first-order chi connectivity index (χ1) is 13.2. The van der Waals surface area contributed by atoms with Crippen LogP contribution in [0, 0.1) is 0 Å². The molecule has 0 heterocycles. The quantitative estimate of drug-likeness (QED) is 0.419. The SMILES string of the molecule is COc1ccc([C@H](CC=O)[C@@H](C(=O)c2ccccc2)c2ccccc2)cc1. The number of methoxy groups -OCH3 is 1. The Morgan fingerprint density at radius 1 is 0.852 bits per heavy atom. The molecule has 0 saturated heterocycles. The zero-order valence-electron chi connectivity index (χ0n) is 15.2. The number of carbonyl (C=O) groups is 2. The van der Waals surface area contributed by atoms with Crippen molar-refractivity contribution in [3.05, 3.63) is 102 Å². The van der Waals surface area contributed by atoms with Gasteiger partial charge in [-0.1, -0.05) is 72.8 Å². The van der Waals surface area contributed by atoms with Gasteiger partial charge in [0, 0.05) is 17.9 Å². The Balaban J connectivity index is 2.07. The Morgan fingerprint density at radius 2 is 1.44 bits per heavy atom. The third kappa shape index (κ3) is 4.32. The Hall–Kier alpha value is -3.20. The van der Waals surface area contributed by atoms with Crippen molar-refractivity contribution in [1.82, 2.24) is 0 Å². The molecule has 0 bridgehead atoms.